The summed E-state index contributed by atoms with van der Waals surface area (Å²) in [5, 5.41) is 7.10. The molecule has 0 aliphatic carbocycles. The number of carbonyl (C=O) groups is 1. The van der Waals surface area contributed by atoms with Crippen LogP contribution in [0, 0.1) is 13.8 Å². The molecule has 1 N–H and O–H groups in total. The Balaban J connectivity index is 1.76. The average molecular weight is 417 g/mol. The summed E-state index contributed by atoms with van der Waals surface area (Å²) in [4.78, 5) is 12.7. The molecule has 3 aromatic rings. The van der Waals surface area contributed by atoms with Crippen LogP contribution >= 0.6 is 11.6 Å². The molecule has 2 aromatic carbocycles. The summed E-state index contributed by atoms with van der Waals surface area (Å²) in [6.45, 7) is 3.98. The lowest BCUT2D eigenvalue weighted by atomic mass is 10.2. The summed E-state index contributed by atoms with van der Waals surface area (Å²) in [7, 11) is 3.00. The zero-order chi connectivity index (χ0) is 21.0. The summed E-state index contributed by atoms with van der Waals surface area (Å²) in [5.74, 6) is 1.79. The van der Waals surface area contributed by atoms with E-state index in [1.54, 1.807) is 36.4 Å². The summed E-state index contributed by atoms with van der Waals surface area (Å²) in [6, 6.07) is 10.1. The van der Waals surface area contributed by atoms with Crippen molar-refractivity contribution in [3.8, 4) is 17.2 Å². The first kappa shape index (κ1) is 20.5. The Morgan fingerprint density at radius 2 is 1.90 bits per heavy atom. The molecule has 0 atom stereocenters. The van der Waals surface area contributed by atoms with E-state index in [4.69, 9.17) is 30.3 Å². The molecule has 0 radical (unpaired) electrons. The van der Waals surface area contributed by atoms with Crippen molar-refractivity contribution in [3.63, 3.8) is 0 Å². The Hall–Kier alpha value is -3.19. The van der Waals surface area contributed by atoms with Gasteiger partial charge in [0.05, 0.1) is 36.2 Å². The van der Waals surface area contributed by atoms with E-state index in [1.807, 2.05) is 13.8 Å². The molecule has 152 valence electrons. The Morgan fingerprint density at radius 3 is 2.55 bits per heavy atom. The van der Waals surface area contributed by atoms with Crippen molar-refractivity contribution in [3.05, 3.63) is 64.0 Å². The molecule has 0 unspecified atom stereocenters. The van der Waals surface area contributed by atoms with Gasteiger partial charge in [0, 0.05) is 17.7 Å². The lowest BCUT2D eigenvalue weighted by Gasteiger charge is -2.13. The molecule has 0 saturated heterocycles. The van der Waals surface area contributed by atoms with Crippen LogP contribution in [0.2, 0.25) is 5.02 Å². The number of hydrogen-bond donors (Lipinski definition) is 1. The molecule has 0 aliphatic heterocycles. The second-order valence-electron chi connectivity index (χ2n) is 6.26. The zero-order valence-corrected chi connectivity index (χ0v) is 17.3. The van der Waals surface area contributed by atoms with Gasteiger partial charge in [-0.3, -0.25) is 4.79 Å². The normalized spacial score (nSPS) is 10.5. The van der Waals surface area contributed by atoms with Crippen molar-refractivity contribution < 1.29 is 23.5 Å². The quantitative estimate of drug-likeness (QED) is 0.596. The van der Waals surface area contributed by atoms with Gasteiger partial charge in [-0.15, -0.1) is 0 Å². The Labute approximate surface area is 173 Å². The number of nitrogens with zero attached hydrogens (tertiary/aromatic N) is 1. The highest BCUT2D eigenvalue weighted by atomic mass is 35.5. The monoisotopic (exact) mass is 416 g/mol. The molecule has 8 heteroatoms. The van der Waals surface area contributed by atoms with Crippen LogP contribution in [-0.4, -0.2) is 25.3 Å². The Kier molecular flexibility index (Phi) is 6.29. The summed E-state index contributed by atoms with van der Waals surface area (Å²) in [5.41, 5.74) is 2.54. The van der Waals surface area contributed by atoms with Gasteiger partial charge in [-0.2, -0.15) is 0 Å². The van der Waals surface area contributed by atoms with Crippen LogP contribution in [0.1, 0.15) is 27.4 Å². The van der Waals surface area contributed by atoms with Crippen molar-refractivity contribution in [2.45, 2.75) is 20.5 Å². The topological polar surface area (TPSA) is 82.8 Å². The first-order valence-corrected chi connectivity index (χ1v) is 9.18. The SMILES string of the molecule is COc1cc(NC(=O)c2cccc(OCc3c(C)noc3C)c2)c(OC)cc1Cl. The molecule has 1 amide bonds. The van der Waals surface area contributed by atoms with E-state index in [0.717, 1.165) is 11.3 Å². The molecule has 0 spiro atoms. The predicted octanol–water partition coefficient (Wildman–Crippen LogP) is 4.79. The molecule has 0 saturated carbocycles. The van der Waals surface area contributed by atoms with Crippen molar-refractivity contribution in [2.24, 2.45) is 0 Å². The number of aryl methyl sites for hydroxylation is 2. The van der Waals surface area contributed by atoms with Crippen molar-refractivity contribution in [1.82, 2.24) is 5.16 Å². The van der Waals surface area contributed by atoms with Gasteiger partial charge in [0.15, 0.2) is 0 Å². The van der Waals surface area contributed by atoms with E-state index in [-0.39, 0.29) is 5.91 Å². The van der Waals surface area contributed by atoms with Crippen LogP contribution in [0.4, 0.5) is 5.69 Å². The molecule has 3 rings (SSSR count). The number of carbonyl (C=O) groups excluding carboxylic acids is 1. The molecule has 7 nitrogen and oxygen atoms in total. The van der Waals surface area contributed by atoms with E-state index in [1.165, 1.54) is 14.2 Å². The maximum atomic E-state index is 12.7. The number of rotatable bonds is 7. The second-order valence-corrected chi connectivity index (χ2v) is 6.67. The lowest BCUT2D eigenvalue weighted by molar-refractivity contribution is 0.102. The first-order chi connectivity index (χ1) is 13.9. The average Bonchev–Trinajstić information content (AvgIpc) is 3.05. The van der Waals surface area contributed by atoms with Crippen molar-refractivity contribution in [1.29, 1.82) is 0 Å². The minimum atomic E-state index is -0.324. The first-order valence-electron chi connectivity index (χ1n) is 8.80. The molecular formula is C21H21ClN2O5. The van der Waals surface area contributed by atoms with E-state index < -0.39 is 0 Å². The maximum absolute atomic E-state index is 12.7. The van der Waals surface area contributed by atoms with Crippen LogP contribution in [0.15, 0.2) is 40.9 Å². The van der Waals surface area contributed by atoms with Gasteiger partial charge in [-0.1, -0.05) is 22.8 Å². The summed E-state index contributed by atoms with van der Waals surface area (Å²) >= 11 is 6.11. The number of halogens is 1. The number of ether oxygens (including phenoxy) is 3. The highest BCUT2D eigenvalue weighted by Crippen LogP contribution is 2.36. The highest BCUT2D eigenvalue weighted by Gasteiger charge is 2.15. The summed E-state index contributed by atoms with van der Waals surface area (Å²) in [6.07, 6.45) is 0. The van der Waals surface area contributed by atoms with Gasteiger partial charge in [0.2, 0.25) is 0 Å². The van der Waals surface area contributed by atoms with Gasteiger partial charge in [-0.25, -0.2) is 0 Å². The van der Waals surface area contributed by atoms with Crippen LogP contribution < -0.4 is 19.5 Å². The largest absolute Gasteiger partial charge is 0.495 e. The van der Waals surface area contributed by atoms with Crippen LogP contribution in [-0.2, 0) is 6.61 Å². The molecule has 0 aliphatic rings. The standard InChI is InChI=1S/C21H21ClN2O5/c1-12-16(13(2)29-24-12)11-28-15-7-5-6-14(8-15)21(25)23-18-10-19(26-3)17(22)9-20(18)27-4/h5-10H,11H2,1-4H3,(H,23,25). The van der Waals surface area contributed by atoms with E-state index in [0.29, 0.717) is 45.9 Å². The van der Waals surface area contributed by atoms with E-state index >= 15 is 0 Å². The minimum absolute atomic E-state index is 0.300. The maximum Gasteiger partial charge on any atom is 0.255 e. The molecular weight excluding hydrogens is 396 g/mol. The second kappa shape index (κ2) is 8.87. The number of methoxy groups -OCH3 is 2. The fourth-order valence-electron chi connectivity index (χ4n) is 2.74. The van der Waals surface area contributed by atoms with Crippen molar-refractivity contribution in [2.75, 3.05) is 19.5 Å². The number of hydrogen-bond acceptors (Lipinski definition) is 6. The van der Waals surface area contributed by atoms with Crippen LogP contribution in [0.25, 0.3) is 0 Å². The van der Waals surface area contributed by atoms with Gasteiger partial charge in [0.25, 0.3) is 5.91 Å². The summed E-state index contributed by atoms with van der Waals surface area (Å²) < 4.78 is 21.4. The smallest absolute Gasteiger partial charge is 0.255 e. The number of benzene rings is 2. The number of anilines is 1. The van der Waals surface area contributed by atoms with Crippen LogP contribution in [0.3, 0.4) is 0 Å². The van der Waals surface area contributed by atoms with Gasteiger partial charge in [-0.05, 0) is 32.0 Å². The van der Waals surface area contributed by atoms with E-state index in [9.17, 15) is 4.79 Å². The predicted molar refractivity (Wildman–Crippen MR) is 109 cm³/mol. The van der Waals surface area contributed by atoms with Crippen LogP contribution in [0.5, 0.6) is 17.2 Å². The third-order valence-electron chi connectivity index (χ3n) is 4.38. The molecule has 0 fully saturated rings. The van der Waals surface area contributed by atoms with E-state index in [2.05, 4.69) is 10.5 Å². The molecule has 29 heavy (non-hydrogen) atoms. The molecule has 1 aromatic heterocycles. The number of nitrogens with one attached hydrogen (secondary N) is 1. The zero-order valence-electron chi connectivity index (χ0n) is 16.5. The minimum Gasteiger partial charge on any atom is -0.495 e. The Morgan fingerprint density at radius 1 is 1.14 bits per heavy atom. The van der Waals surface area contributed by atoms with Crippen molar-refractivity contribution >= 4 is 23.2 Å². The van der Waals surface area contributed by atoms with Gasteiger partial charge in [0.1, 0.15) is 29.6 Å². The number of amides is 1. The third-order valence-corrected chi connectivity index (χ3v) is 4.68. The number of aromatic nitrogens is 1. The molecule has 1 heterocycles. The van der Waals surface area contributed by atoms with Gasteiger partial charge >= 0.3 is 0 Å². The fraction of sp³-hybridized carbons (Fsp3) is 0.238. The Bertz CT molecular complexity index is 1010. The highest BCUT2D eigenvalue weighted by molar-refractivity contribution is 6.32. The lowest BCUT2D eigenvalue weighted by Crippen LogP contribution is -2.13. The molecule has 0 bridgehead atoms. The fourth-order valence-corrected chi connectivity index (χ4v) is 2.97. The van der Waals surface area contributed by atoms with Gasteiger partial charge < -0.3 is 24.1 Å². The third kappa shape index (κ3) is 4.63.